The highest BCUT2D eigenvalue weighted by Crippen LogP contribution is 2.16. The largest absolute Gasteiger partial charge is 0.397 e. The number of hydrogen-bond acceptors (Lipinski definition) is 3. The van der Waals surface area contributed by atoms with Gasteiger partial charge in [-0.3, -0.25) is 9.78 Å². The number of carbonyl (C=O) groups excluding carboxylic acids is 1. The van der Waals surface area contributed by atoms with Gasteiger partial charge in [0.15, 0.2) is 0 Å². The van der Waals surface area contributed by atoms with E-state index in [1.165, 1.54) is 0 Å². The predicted molar refractivity (Wildman–Crippen MR) is 77.3 cm³/mol. The first-order valence-electron chi connectivity index (χ1n) is 6.07. The molecule has 0 bridgehead atoms. The van der Waals surface area contributed by atoms with E-state index in [4.69, 9.17) is 5.73 Å². The fourth-order valence-electron chi connectivity index (χ4n) is 2.02. The third kappa shape index (κ3) is 3.10. The molecular weight excluding hydrogens is 238 g/mol. The number of rotatable bonds is 2. The number of anilines is 2. The molecule has 2 rings (SSSR count). The Labute approximate surface area is 112 Å². The molecule has 98 valence electrons. The lowest BCUT2D eigenvalue weighted by Gasteiger charge is -2.09. The Balaban J connectivity index is 2.28. The van der Waals surface area contributed by atoms with Gasteiger partial charge < -0.3 is 11.1 Å². The molecule has 1 heterocycles. The quantitative estimate of drug-likeness (QED) is 0.867. The highest BCUT2D eigenvalue weighted by Gasteiger charge is 2.11. The first kappa shape index (κ1) is 13.1. The lowest BCUT2D eigenvalue weighted by molar-refractivity contribution is 0.102. The average molecular weight is 255 g/mol. The van der Waals surface area contributed by atoms with E-state index in [0.29, 0.717) is 16.9 Å². The fraction of sp³-hybridized carbons (Fsp3) is 0.200. The second-order valence-electron chi connectivity index (χ2n) is 4.73. The monoisotopic (exact) mass is 255 g/mol. The van der Waals surface area contributed by atoms with E-state index < -0.39 is 0 Å². The number of nitrogens with one attached hydrogen (secondary N) is 1. The summed E-state index contributed by atoms with van der Waals surface area (Å²) in [5, 5.41) is 2.87. The molecule has 0 spiro atoms. The van der Waals surface area contributed by atoms with E-state index in [9.17, 15) is 4.79 Å². The van der Waals surface area contributed by atoms with Crippen molar-refractivity contribution in [3.63, 3.8) is 0 Å². The number of amides is 1. The molecule has 0 saturated heterocycles. The Morgan fingerprint density at radius 1 is 1.11 bits per heavy atom. The van der Waals surface area contributed by atoms with E-state index >= 15 is 0 Å². The van der Waals surface area contributed by atoms with Crippen molar-refractivity contribution in [3.05, 3.63) is 52.8 Å². The van der Waals surface area contributed by atoms with E-state index in [-0.39, 0.29) is 5.91 Å². The predicted octanol–water partition coefficient (Wildman–Crippen LogP) is 2.84. The summed E-state index contributed by atoms with van der Waals surface area (Å²) in [5.74, 6) is -0.192. The smallest absolute Gasteiger partial charge is 0.257 e. The van der Waals surface area contributed by atoms with Gasteiger partial charge in [-0.2, -0.15) is 0 Å². The van der Waals surface area contributed by atoms with Crippen LogP contribution in [0, 0.1) is 20.8 Å². The maximum Gasteiger partial charge on any atom is 0.257 e. The molecule has 19 heavy (non-hydrogen) atoms. The van der Waals surface area contributed by atoms with Crippen LogP contribution in [0.1, 0.15) is 27.2 Å². The van der Waals surface area contributed by atoms with Crippen LogP contribution in [0.25, 0.3) is 0 Å². The van der Waals surface area contributed by atoms with Gasteiger partial charge in [0, 0.05) is 5.69 Å². The summed E-state index contributed by atoms with van der Waals surface area (Å²) in [7, 11) is 0. The topological polar surface area (TPSA) is 68.0 Å². The zero-order valence-electron chi connectivity index (χ0n) is 11.3. The van der Waals surface area contributed by atoms with Crippen molar-refractivity contribution in [1.29, 1.82) is 0 Å². The number of aromatic nitrogens is 1. The molecule has 0 saturated carbocycles. The Hall–Kier alpha value is -2.36. The average Bonchev–Trinajstić information content (AvgIpc) is 2.30. The first-order valence-corrected chi connectivity index (χ1v) is 6.07. The van der Waals surface area contributed by atoms with Crippen LogP contribution in [-0.2, 0) is 0 Å². The summed E-state index contributed by atoms with van der Waals surface area (Å²) < 4.78 is 0. The van der Waals surface area contributed by atoms with Crippen LogP contribution in [0.15, 0.2) is 30.5 Å². The molecule has 1 aromatic carbocycles. The van der Waals surface area contributed by atoms with Gasteiger partial charge in [0.2, 0.25) is 0 Å². The van der Waals surface area contributed by atoms with Crippen LogP contribution < -0.4 is 11.1 Å². The standard InChI is InChI=1S/C15H17N3O/c1-9-4-10(2)6-13(5-9)18-15(19)14-7-12(16)8-17-11(14)3/h4-8H,16H2,1-3H3,(H,18,19). The number of nitrogens with two attached hydrogens (primary N) is 1. The summed E-state index contributed by atoms with van der Waals surface area (Å²) in [6, 6.07) is 7.56. The van der Waals surface area contributed by atoms with Crippen molar-refractivity contribution in [3.8, 4) is 0 Å². The molecular formula is C15H17N3O. The SMILES string of the molecule is Cc1cc(C)cc(NC(=O)c2cc(N)cnc2C)c1. The molecule has 0 atom stereocenters. The fourth-order valence-corrected chi connectivity index (χ4v) is 2.02. The van der Waals surface area contributed by atoms with Gasteiger partial charge in [-0.1, -0.05) is 6.07 Å². The first-order chi connectivity index (χ1) is 8.95. The van der Waals surface area contributed by atoms with Gasteiger partial charge in [0.1, 0.15) is 0 Å². The van der Waals surface area contributed by atoms with E-state index in [2.05, 4.69) is 16.4 Å². The van der Waals surface area contributed by atoms with Crippen LogP contribution >= 0.6 is 0 Å². The van der Waals surface area contributed by atoms with E-state index in [1.54, 1.807) is 19.2 Å². The molecule has 0 aliphatic rings. The van der Waals surface area contributed by atoms with Crippen LogP contribution in [0.5, 0.6) is 0 Å². The molecule has 4 heteroatoms. The van der Waals surface area contributed by atoms with Crippen molar-refractivity contribution in [2.75, 3.05) is 11.1 Å². The number of aryl methyl sites for hydroxylation is 3. The van der Waals surface area contributed by atoms with Crippen molar-refractivity contribution in [2.24, 2.45) is 0 Å². The molecule has 1 aromatic heterocycles. The third-order valence-corrected chi connectivity index (χ3v) is 2.83. The molecule has 0 aliphatic carbocycles. The van der Waals surface area contributed by atoms with Crippen molar-refractivity contribution < 1.29 is 4.79 Å². The minimum atomic E-state index is -0.192. The number of hydrogen-bond donors (Lipinski definition) is 2. The highest BCUT2D eigenvalue weighted by atomic mass is 16.1. The molecule has 4 nitrogen and oxygen atoms in total. The van der Waals surface area contributed by atoms with E-state index in [0.717, 1.165) is 16.8 Å². The minimum absolute atomic E-state index is 0.192. The lowest BCUT2D eigenvalue weighted by atomic mass is 10.1. The molecule has 0 aliphatic heterocycles. The van der Waals surface area contributed by atoms with Gasteiger partial charge in [-0.15, -0.1) is 0 Å². The number of carbonyl (C=O) groups is 1. The molecule has 0 fully saturated rings. The van der Waals surface area contributed by atoms with Gasteiger partial charge in [-0.05, 0) is 50.1 Å². The zero-order valence-corrected chi connectivity index (χ0v) is 11.3. The van der Waals surface area contributed by atoms with E-state index in [1.807, 2.05) is 26.0 Å². The number of pyridine rings is 1. The maximum absolute atomic E-state index is 12.2. The maximum atomic E-state index is 12.2. The Morgan fingerprint density at radius 2 is 1.74 bits per heavy atom. The van der Waals surface area contributed by atoms with Crippen molar-refractivity contribution in [1.82, 2.24) is 4.98 Å². The van der Waals surface area contributed by atoms with Crippen LogP contribution in [-0.4, -0.2) is 10.9 Å². The van der Waals surface area contributed by atoms with Gasteiger partial charge >= 0.3 is 0 Å². The van der Waals surface area contributed by atoms with Gasteiger partial charge in [0.05, 0.1) is 23.1 Å². The van der Waals surface area contributed by atoms with Crippen LogP contribution in [0.3, 0.4) is 0 Å². The van der Waals surface area contributed by atoms with Gasteiger partial charge in [0.25, 0.3) is 5.91 Å². The summed E-state index contributed by atoms with van der Waals surface area (Å²) in [6.45, 7) is 5.78. The summed E-state index contributed by atoms with van der Waals surface area (Å²) in [6.07, 6.45) is 1.54. The summed E-state index contributed by atoms with van der Waals surface area (Å²) >= 11 is 0. The summed E-state index contributed by atoms with van der Waals surface area (Å²) in [4.78, 5) is 16.3. The molecule has 0 unspecified atom stereocenters. The minimum Gasteiger partial charge on any atom is -0.397 e. The zero-order chi connectivity index (χ0) is 14.0. The molecule has 0 radical (unpaired) electrons. The molecule has 3 N–H and O–H groups in total. The molecule has 1 amide bonds. The van der Waals surface area contributed by atoms with Crippen molar-refractivity contribution >= 4 is 17.3 Å². The van der Waals surface area contributed by atoms with Crippen LogP contribution in [0.2, 0.25) is 0 Å². The Bertz CT molecular complexity index is 615. The second-order valence-corrected chi connectivity index (χ2v) is 4.73. The van der Waals surface area contributed by atoms with Crippen LogP contribution in [0.4, 0.5) is 11.4 Å². The molecule has 2 aromatic rings. The normalized spacial score (nSPS) is 10.3. The number of benzene rings is 1. The lowest BCUT2D eigenvalue weighted by Crippen LogP contribution is -2.14. The highest BCUT2D eigenvalue weighted by molar-refractivity contribution is 6.05. The second kappa shape index (κ2) is 5.10. The van der Waals surface area contributed by atoms with Gasteiger partial charge in [-0.25, -0.2) is 0 Å². The van der Waals surface area contributed by atoms with Crippen molar-refractivity contribution in [2.45, 2.75) is 20.8 Å². The number of nitrogens with zero attached hydrogens (tertiary/aromatic N) is 1. The summed E-state index contributed by atoms with van der Waals surface area (Å²) in [5.41, 5.74) is 10.3. The Kier molecular flexibility index (Phi) is 3.51. The third-order valence-electron chi connectivity index (χ3n) is 2.83. The number of nitrogen functional groups attached to an aromatic ring is 1. The Morgan fingerprint density at radius 3 is 2.37 bits per heavy atom.